The molecule has 1 heterocycles. The number of aliphatic hydroxyl groups excluding tert-OH is 1. The smallest absolute Gasteiger partial charge is 0.358 e. The quantitative estimate of drug-likeness (QED) is 0.829. The molecule has 24 heavy (non-hydrogen) atoms. The number of benzene rings is 2. The van der Waals surface area contributed by atoms with E-state index in [1.54, 1.807) is 4.90 Å². The minimum absolute atomic E-state index is 0.0445. The number of para-hydroxylation sites is 1. The molecule has 1 N–H and O–H groups in total. The summed E-state index contributed by atoms with van der Waals surface area (Å²) in [6.07, 6.45) is 0. The van der Waals surface area contributed by atoms with Crippen LogP contribution >= 0.6 is 0 Å². The summed E-state index contributed by atoms with van der Waals surface area (Å²) in [5, 5.41) is 10.6. The van der Waals surface area contributed by atoms with Crippen LogP contribution in [0.5, 0.6) is 0 Å². The number of rotatable bonds is 2. The number of nitrogens with zero attached hydrogens (tertiary/aromatic N) is 1. The lowest BCUT2D eigenvalue weighted by Gasteiger charge is -2.32. The standard InChI is InChI=1S/C18H17NO3.C2H6/c1-12-7-3-6-10-15(12)19-11-13-8-4-5-9-14(13)17(20)16(19)18(21)22-2;1-2/h3-10,20H,11H2,1-2H3;1-2H3. The molecule has 0 amide bonds. The van der Waals surface area contributed by atoms with Gasteiger partial charge >= 0.3 is 5.97 Å². The Bertz CT molecular complexity index is 765. The fourth-order valence-electron chi connectivity index (χ4n) is 2.77. The molecule has 3 rings (SSSR count). The fourth-order valence-corrected chi connectivity index (χ4v) is 2.77. The molecular weight excluding hydrogens is 302 g/mol. The van der Waals surface area contributed by atoms with Crippen LogP contribution in [0.4, 0.5) is 5.69 Å². The Kier molecular flexibility index (Phi) is 5.64. The number of aryl methyl sites for hydroxylation is 1. The average molecular weight is 325 g/mol. The first kappa shape index (κ1) is 17.6. The van der Waals surface area contributed by atoms with Gasteiger partial charge in [0, 0.05) is 17.8 Å². The van der Waals surface area contributed by atoms with Crippen molar-refractivity contribution in [2.75, 3.05) is 12.0 Å². The molecule has 0 aliphatic carbocycles. The molecule has 2 aromatic rings. The second-order valence-corrected chi connectivity index (χ2v) is 5.22. The summed E-state index contributed by atoms with van der Waals surface area (Å²) in [6, 6.07) is 15.3. The van der Waals surface area contributed by atoms with Gasteiger partial charge in [-0.25, -0.2) is 4.79 Å². The molecule has 0 bridgehead atoms. The minimum Gasteiger partial charge on any atom is -0.505 e. The van der Waals surface area contributed by atoms with Crippen molar-refractivity contribution in [1.29, 1.82) is 0 Å². The molecule has 0 radical (unpaired) electrons. The normalized spacial score (nSPS) is 12.9. The molecule has 0 aromatic heterocycles. The summed E-state index contributed by atoms with van der Waals surface area (Å²) in [7, 11) is 1.32. The van der Waals surface area contributed by atoms with E-state index in [4.69, 9.17) is 4.74 Å². The Balaban J connectivity index is 0.00000100. The maximum atomic E-state index is 12.2. The van der Waals surface area contributed by atoms with Crippen molar-refractivity contribution in [2.45, 2.75) is 27.3 Å². The average Bonchev–Trinajstić information content (AvgIpc) is 2.63. The lowest BCUT2D eigenvalue weighted by atomic mass is 9.98. The van der Waals surface area contributed by atoms with Crippen LogP contribution in [0.15, 0.2) is 54.2 Å². The van der Waals surface area contributed by atoms with Crippen molar-refractivity contribution >= 4 is 17.4 Å². The largest absolute Gasteiger partial charge is 0.505 e. The third kappa shape index (κ3) is 3.13. The third-order valence-corrected chi connectivity index (χ3v) is 3.88. The Morgan fingerprint density at radius 1 is 1.08 bits per heavy atom. The molecule has 0 fully saturated rings. The highest BCUT2D eigenvalue weighted by atomic mass is 16.5. The van der Waals surface area contributed by atoms with Crippen molar-refractivity contribution < 1.29 is 14.6 Å². The van der Waals surface area contributed by atoms with Crippen LogP contribution in [0.3, 0.4) is 0 Å². The van der Waals surface area contributed by atoms with Gasteiger partial charge in [-0.1, -0.05) is 56.3 Å². The maximum absolute atomic E-state index is 12.2. The van der Waals surface area contributed by atoms with E-state index in [2.05, 4.69) is 0 Å². The number of hydrogen-bond donors (Lipinski definition) is 1. The number of hydrogen-bond acceptors (Lipinski definition) is 4. The Morgan fingerprint density at radius 2 is 1.71 bits per heavy atom. The first-order valence-electron chi connectivity index (χ1n) is 8.06. The third-order valence-electron chi connectivity index (χ3n) is 3.88. The monoisotopic (exact) mass is 325 g/mol. The van der Waals surface area contributed by atoms with Crippen LogP contribution < -0.4 is 4.90 Å². The number of carbonyl (C=O) groups is 1. The summed E-state index contributed by atoms with van der Waals surface area (Å²) in [5.41, 5.74) is 3.72. The molecule has 126 valence electrons. The zero-order chi connectivity index (χ0) is 17.7. The van der Waals surface area contributed by atoms with Gasteiger partial charge < -0.3 is 14.7 Å². The Labute approximate surface area is 143 Å². The van der Waals surface area contributed by atoms with Gasteiger partial charge in [-0.15, -0.1) is 0 Å². The maximum Gasteiger partial charge on any atom is 0.358 e. The van der Waals surface area contributed by atoms with E-state index in [0.29, 0.717) is 12.1 Å². The lowest BCUT2D eigenvalue weighted by molar-refractivity contribution is -0.136. The summed E-state index contributed by atoms with van der Waals surface area (Å²) in [6.45, 7) is 6.48. The van der Waals surface area contributed by atoms with E-state index >= 15 is 0 Å². The zero-order valence-corrected chi connectivity index (χ0v) is 14.5. The molecule has 0 spiro atoms. The minimum atomic E-state index is -0.546. The van der Waals surface area contributed by atoms with Crippen LogP contribution in [0.25, 0.3) is 5.76 Å². The summed E-state index contributed by atoms with van der Waals surface area (Å²) >= 11 is 0. The van der Waals surface area contributed by atoms with E-state index in [9.17, 15) is 9.90 Å². The first-order chi connectivity index (χ1) is 11.6. The summed E-state index contributed by atoms with van der Waals surface area (Å²) < 4.78 is 4.87. The van der Waals surface area contributed by atoms with Gasteiger partial charge in [0.05, 0.1) is 7.11 Å². The topological polar surface area (TPSA) is 49.8 Å². The molecule has 1 aliphatic rings. The number of ether oxygens (including phenoxy) is 1. The molecule has 4 nitrogen and oxygen atoms in total. The van der Waals surface area contributed by atoms with Gasteiger partial charge in [0.15, 0.2) is 11.5 Å². The van der Waals surface area contributed by atoms with E-state index < -0.39 is 5.97 Å². The van der Waals surface area contributed by atoms with Crippen LogP contribution in [-0.4, -0.2) is 18.2 Å². The molecule has 0 unspecified atom stereocenters. The van der Waals surface area contributed by atoms with Gasteiger partial charge in [-0.2, -0.15) is 0 Å². The molecule has 1 aliphatic heterocycles. The van der Waals surface area contributed by atoms with E-state index in [1.807, 2.05) is 69.3 Å². The number of esters is 1. The highest BCUT2D eigenvalue weighted by molar-refractivity contribution is 6.01. The highest BCUT2D eigenvalue weighted by Gasteiger charge is 2.31. The van der Waals surface area contributed by atoms with Gasteiger partial charge in [-0.05, 0) is 24.1 Å². The van der Waals surface area contributed by atoms with E-state index in [1.165, 1.54) is 7.11 Å². The predicted octanol–water partition coefficient (Wildman–Crippen LogP) is 4.44. The fraction of sp³-hybridized carbons (Fsp3) is 0.250. The van der Waals surface area contributed by atoms with Crippen molar-refractivity contribution in [3.8, 4) is 0 Å². The molecule has 0 saturated carbocycles. The Hall–Kier alpha value is -2.75. The van der Waals surface area contributed by atoms with E-state index in [-0.39, 0.29) is 11.5 Å². The SMILES string of the molecule is CC.COC(=O)C1=C(O)c2ccccc2CN1c1ccccc1C. The van der Waals surface area contributed by atoms with Crippen LogP contribution in [0, 0.1) is 6.92 Å². The second kappa shape index (κ2) is 7.68. The molecule has 2 aromatic carbocycles. The molecule has 0 atom stereocenters. The van der Waals surface area contributed by atoms with Gasteiger partial charge in [0.1, 0.15) is 0 Å². The number of methoxy groups -OCH3 is 1. The number of aliphatic hydroxyl groups is 1. The number of anilines is 1. The zero-order valence-electron chi connectivity index (χ0n) is 14.5. The van der Waals surface area contributed by atoms with E-state index in [0.717, 1.165) is 16.8 Å². The first-order valence-corrected chi connectivity index (χ1v) is 8.06. The van der Waals surface area contributed by atoms with Gasteiger partial charge in [0.25, 0.3) is 0 Å². The summed E-state index contributed by atoms with van der Waals surface area (Å²) in [4.78, 5) is 14.0. The second-order valence-electron chi connectivity index (χ2n) is 5.22. The van der Waals surface area contributed by atoms with Crippen LogP contribution in [0.2, 0.25) is 0 Å². The van der Waals surface area contributed by atoms with Crippen LogP contribution in [-0.2, 0) is 16.1 Å². The lowest BCUT2D eigenvalue weighted by Crippen LogP contribution is -2.33. The number of fused-ring (bicyclic) bond motifs is 1. The number of carbonyl (C=O) groups excluding carboxylic acids is 1. The van der Waals surface area contributed by atoms with Crippen molar-refractivity contribution in [3.63, 3.8) is 0 Å². The molecule has 4 heteroatoms. The van der Waals surface area contributed by atoms with Gasteiger partial charge in [0.2, 0.25) is 0 Å². The van der Waals surface area contributed by atoms with Crippen molar-refractivity contribution in [1.82, 2.24) is 0 Å². The molecule has 0 saturated heterocycles. The van der Waals surface area contributed by atoms with Crippen molar-refractivity contribution in [2.24, 2.45) is 0 Å². The Morgan fingerprint density at radius 3 is 2.38 bits per heavy atom. The van der Waals surface area contributed by atoms with Gasteiger partial charge in [-0.3, -0.25) is 0 Å². The molecular formula is C20H23NO3. The van der Waals surface area contributed by atoms with Crippen LogP contribution in [0.1, 0.15) is 30.5 Å². The summed E-state index contributed by atoms with van der Waals surface area (Å²) in [5.74, 6) is -0.591. The predicted molar refractivity (Wildman–Crippen MR) is 96.7 cm³/mol. The highest BCUT2D eigenvalue weighted by Crippen LogP contribution is 2.35. The van der Waals surface area contributed by atoms with Crippen molar-refractivity contribution in [3.05, 3.63) is 70.9 Å².